The molecule has 0 heterocycles. The third-order valence-corrected chi connectivity index (χ3v) is 5.23. The third kappa shape index (κ3) is 8.88. The van der Waals surface area contributed by atoms with Crippen LogP contribution >= 0.6 is 15.9 Å². The molecule has 28 heavy (non-hydrogen) atoms. The summed E-state index contributed by atoms with van der Waals surface area (Å²) in [5, 5.41) is 0. The zero-order valence-electron chi connectivity index (χ0n) is 16.8. The van der Waals surface area contributed by atoms with E-state index in [1.807, 2.05) is 54.6 Å². The van der Waals surface area contributed by atoms with Gasteiger partial charge in [-0.25, -0.2) is 0 Å². The molecule has 3 heteroatoms. The second kappa shape index (κ2) is 13.3. The van der Waals surface area contributed by atoms with Gasteiger partial charge in [0.2, 0.25) is 0 Å². The summed E-state index contributed by atoms with van der Waals surface area (Å²) in [6.45, 7) is 3.02. The summed E-state index contributed by atoms with van der Waals surface area (Å²) in [6, 6.07) is 15.3. The van der Waals surface area contributed by atoms with E-state index in [1.54, 1.807) is 6.08 Å². The van der Waals surface area contributed by atoms with Crippen LogP contribution in [-0.2, 0) is 0 Å². The van der Waals surface area contributed by atoms with Gasteiger partial charge in [0.05, 0.1) is 6.61 Å². The van der Waals surface area contributed by atoms with Crippen LogP contribution in [0.2, 0.25) is 0 Å². The van der Waals surface area contributed by atoms with Crippen LogP contribution in [0.5, 0.6) is 5.75 Å². The average molecular weight is 443 g/mol. The van der Waals surface area contributed by atoms with Crippen LogP contribution in [0.3, 0.4) is 0 Å². The topological polar surface area (TPSA) is 26.3 Å². The number of unbranched alkanes of at least 4 members (excludes halogenated alkanes) is 7. The minimum atomic E-state index is 0.00233. The Balaban J connectivity index is 1.66. The molecule has 0 fully saturated rings. The van der Waals surface area contributed by atoms with Crippen LogP contribution in [0.25, 0.3) is 6.08 Å². The third-order valence-electron chi connectivity index (χ3n) is 4.70. The molecule has 0 atom stereocenters. The minimum absolute atomic E-state index is 0.00233. The molecule has 0 aliphatic heterocycles. The number of rotatable bonds is 13. The summed E-state index contributed by atoms with van der Waals surface area (Å²) >= 11 is 3.38. The summed E-state index contributed by atoms with van der Waals surface area (Å²) in [5.41, 5.74) is 1.68. The molecule has 2 nitrogen and oxygen atoms in total. The van der Waals surface area contributed by atoms with Crippen LogP contribution < -0.4 is 4.74 Å². The Bertz CT molecular complexity index is 717. The molecular formula is C25H31BrO2. The monoisotopic (exact) mass is 442 g/mol. The molecule has 2 aromatic rings. The van der Waals surface area contributed by atoms with Crippen molar-refractivity contribution in [3.63, 3.8) is 0 Å². The van der Waals surface area contributed by atoms with Crippen molar-refractivity contribution in [3.8, 4) is 5.75 Å². The number of carbonyl (C=O) groups is 1. The first-order valence-electron chi connectivity index (χ1n) is 10.4. The molecule has 0 bridgehead atoms. The molecule has 0 unspecified atom stereocenters. The molecule has 2 aromatic carbocycles. The maximum absolute atomic E-state index is 12.2. The Kier molecular flexibility index (Phi) is 10.7. The van der Waals surface area contributed by atoms with Gasteiger partial charge in [-0.05, 0) is 54.5 Å². The number of benzene rings is 2. The minimum Gasteiger partial charge on any atom is -0.494 e. The zero-order chi connectivity index (χ0) is 20.0. The molecule has 2 rings (SSSR count). The number of hydrogen-bond acceptors (Lipinski definition) is 2. The van der Waals surface area contributed by atoms with Crippen molar-refractivity contribution in [2.45, 2.75) is 58.3 Å². The summed E-state index contributed by atoms with van der Waals surface area (Å²) in [4.78, 5) is 12.2. The number of halogens is 1. The maximum Gasteiger partial charge on any atom is 0.185 e. The van der Waals surface area contributed by atoms with E-state index >= 15 is 0 Å². The van der Waals surface area contributed by atoms with E-state index in [-0.39, 0.29) is 5.78 Å². The smallest absolute Gasteiger partial charge is 0.185 e. The second-order valence-electron chi connectivity index (χ2n) is 7.10. The quantitative estimate of drug-likeness (QED) is 0.179. The van der Waals surface area contributed by atoms with E-state index in [9.17, 15) is 4.79 Å². The fraction of sp³-hybridized carbons (Fsp3) is 0.400. The van der Waals surface area contributed by atoms with Crippen molar-refractivity contribution in [3.05, 3.63) is 70.2 Å². The lowest BCUT2D eigenvalue weighted by atomic mass is 10.1. The Hall–Kier alpha value is -1.87. The predicted molar refractivity (Wildman–Crippen MR) is 122 cm³/mol. The van der Waals surface area contributed by atoms with Crippen molar-refractivity contribution in [1.29, 1.82) is 0 Å². The van der Waals surface area contributed by atoms with E-state index < -0.39 is 0 Å². The molecule has 0 N–H and O–H groups in total. The van der Waals surface area contributed by atoms with Gasteiger partial charge in [-0.2, -0.15) is 0 Å². The molecule has 0 aliphatic rings. The van der Waals surface area contributed by atoms with Crippen molar-refractivity contribution >= 4 is 27.8 Å². The average Bonchev–Trinajstić information content (AvgIpc) is 2.72. The van der Waals surface area contributed by atoms with Gasteiger partial charge in [-0.1, -0.05) is 86.0 Å². The van der Waals surface area contributed by atoms with Crippen molar-refractivity contribution in [2.75, 3.05) is 6.61 Å². The number of allylic oxidation sites excluding steroid dienone is 1. The van der Waals surface area contributed by atoms with Crippen LogP contribution in [0.15, 0.2) is 59.1 Å². The molecule has 0 amide bonds. The Labute approximate surface area is 178 Å². The fourth-order valence-electron chi connectivity index (χ4n) is 2.98. The van der Waals surface area contributed by atoms with Gasteiger partial charge in [0.25, 0.3) is 0 Å². The molecule has 0 aliphatic carbocycles. The fourth-order valence-corrected chi connectivity index (χ4v) is 3.25. The molecule has 150 valence electrons. The normalized spacial score (nSPS) is 11.1. The van der Waals surface area contributed by atoms with Crippen LogP contribution in [0.4, 0.5) is 0 Å². The van der Waals surface area contributed by atoms with Crippen LogP contribution in [0, 0.1) is 0 Å². The standard InChI is InChI=1S/C25H31BrO2/c1-2-3-4-5-6-7-8-9-20-28-24-17-10-21(11-18-24)12-19-25(27)22-13-15-23(26)16-14-22/h10-19H,2-9,20H2,1H3. The largest absolute Gasteiger partial charge is 0.494 e. The van der Waals surface area contributed by atoms with Gasteiger partial charge in [0, 0.05) is 10.0 Å². The van der Waals surface area contributed by atoms with Gasteiger partial charge < -0.3 is 4.74 Å². The first-order valence-corrected chi connectivity index (χ1v) is 11.2. The highest BCUT2D eigenvalue weighted by atomic mass is 79.9. The summed E-state index contributed by atoms with van der Waals surface area (Å²) in [6.07, 6.45) is 13.9. The summed E-state index contributed by atoms with van der Waals surface area (Å²) < 4.78 is 6.78. The lowest BCUT2D eigenvalue weighted by Gasteiger charge is -2.06. The Morgan fingerprint density at radius 3 is 2.11 bits per heavy atom. The van der Waals surface area contributed by atoms with Crippen molar-refractivity contribution in [2.24, 2.45) is 0 Å². The van der Waals surface area contributed by atoms with E-state index in [0.717, 1.165) is 28.8 Å². The number of hydrogen-bond donors (Lipinski definition) is 0. The molecular weight excluding hydrogens is 412 g/mol. The number of ether oxygens (including phenoxy) is 1. The highest BCUT2D eigenvalue weighted by Gasteiger charge is 2.01. The molecule has 0 radical (unpaired) electrons. The second-order valence-corrected chi connectivity index (χ2v) is 8.01. The first kappa shape index (κ1) is 22.4. The number of ketones is 1. The molecule has 0 aromatic heterocycles. The van der Waals surface area contributed by atoms with Crippen molar-refractivity contribution < 1.29 is 9.53 Å². The summed E-state index contributed by atoms with van der Waals surface area (Å²) in [7, 11) is 0. The van der Waals surface area contributed by atoms with Gasteiger partial charge in [0.1, 0.15) is 5.75 Å². The lowest BCUT2D eigenvalue weighted by molar-refractivity contribution is 0.104. The van der Waals surface area contributed by atoms with Crippen LogP contribution in [0.1, 0.15) is 74.2 Å². The van der Waals surface area contributed by atoms with E-state index in [1.165, 1.54) is 44.9 Å². The predicted octanol–water partition coefficient (Wildman–Crippen LogP) is 7.86. The van der Waals surface area contributed by atoms with E-state index in [2.05, 4.69) is 22.9 Å². The highest BCUT2D eigenvalue weighted by Crippen LogP contribution is 2.16. The molecule has 0 saturated carbocycles. The first-order chi connectivity index (χ1) is 13.7. The van der Waals surface area contributed by atoms with E-state index in [4.69, 9.17) is 4.74 Å². The highest BCUT2D eigenvalue weighted by molar-refractivity contribution is 9.10. The van der Waals surface area contributed by atoms with Crippen LogP contribution in [-0.4, -0.2) is 12.4 Å². The van der Waals surface area contributed by atoms with E-state index in [0.29, 0.717) is 5.56 Å². The van der Waals surface area contributed by atoms with Gasteiger partial charge in [-0.3, -0.25) is 4.79 Å². The van der Waals surface area contributed by atoms with Gasteiger partial charge in [-0.15, -0.1) is 0 Å². The molecule has 0 saturated heterocycles. The summed E-state index contributed by atoms with van der Waals surface area (Å²) in [5.74, 6) is 0.891. The molecule has 0 spiro atoms. The number of carbonyl (C=O) groups excluding carboxylic acids is 1. The SMILES string of the molecule is CCCCCCCCCCOc1ccc(C=CC(=O)c2ccc(Br)cc2)cc1. The maximum atomic E-state index is 12.2. The zero-order valence-corrected chi connectivity index (χ0v) is 18.4. The Morgan fingerprint density at radius 2 is 1.46 bits per heavy atom. The van der Waals surface area contributed by atoms with Gasteiger partial charge in [0.15, 0.2) is 5.78 Å². The lowest BCUT2D eigenvalue weighted by Crippen LogP contribution is -1.97. The van der Waals surface area contributed by atoms with Gasteiger partial charge >= 0.3 is 0 Å². The van der Waals surface area contributed by atoms with Crippen molar-refractivity contribution in [1.82, 2.24) is 0 Å². The Morgan fingerprint density at radius 1 is 0.857 bits per heavy atom.